The number of ether oxygens (including phenoxy) is 2. The predicted molar refractivity (Wildman–Crippen MR) is 113 cm³/mol. The van der Waals surface area contributed by atoms with Crippen LogP contribution in [0.25, 0.3) is 0 Å². The van der Waals surface area contributed by atoms with Gasteiger partial charge in [0.05, 0.1) is 17.1 Å². The van der Waals surface area contributed by atoms with Crippen LogP contribution in [-0.4, -0.2) is 52.6 Å². The van der Waals surface area contributed by atoms with Crippen molar-refractivity contribution in [3.63, 3.8) is 0 Å². The van der Waals surface area contributed by atoms with Gasteiger partial charge in [-0.05, 0) is 37.3 Å². The predicted octanol–water partition coefficient (Wildman–Crippen LogP) is 1.74. The second kappa shape index (κ2) is 11.2. The highest BCUT2D eigenvalue weighted by atomic mass is 32.2. The van der Waals surface area contributed by atoms with Crippen LogP contribution in [0.4, 0.5) is 5.69 Å². The third kappa shape index (κ3) is 6.90. The smallest absolute Gasteiger partial charge is 0.338 e. The van der Waals surface area contributed by atoms with E-state index in [-0.39, 0.29) is 30.2 Å². The molecule has 0 bridgehead atoms. The van der Waals surface area contributed by atoms with Gasteiger partial charge in [0.1, 0.15) is 6.54 Å². The van der Waals surface area contributed by atoms with Crippen molar-refractivity contribution in [3.8, 4) is 0 Å². The Bertz CT molecular complexity index is 1020. The number of rotatable bonds is 10. The molecule has 10 heteroatoms. The van der Waals surface area contributed by atoms with E-state index in [1.54, 1.807) is 44.2 Å². The van der Waals surface area contributed by atoms with Crippen molar-refractivity contribution in [2.75, 3.05) is 31.2 Å². The summed E-state index contributed by atoms with van der Waals surface area (Å²) in [6.45, 7) is 2.66. The summed E-state index contributed by atoms with van der Waals surface area (Å²) in [5.41, 5.74) is 0.416. The molecule has 2 rings (SSSR count). The van der Waals surface area contributed by atoms with Gasteiger partial charge in [-0.2, -0.15) is 0 Å². The molecule has 0 heterocycles. The highest BCUT2D eigenvalue weighted by Gasteiger charge is 2.22. The summed E-state index contributed by atoms with van der Waals surface area (Å²) >= 11 is 0. The molecule has 0 aliphatic heterocycles. The van der Waals surface area contributed by atoms with Crippen LogP contribution < -0.4 is 9.62 Å². The molecule has 0 aromatic heterocycles. The van der Waals surface area contributed by atoms with E-state index in [1.807, 2.05) is 0 Å². The maximum absolute atomic E-state index is 12.7. The van der Waals surface area contributed by atoms with Crippen molar-refractivity contribution < 1.29 is 32.3 Å². The van der Waals surface area contributed by atoms with Crippen molar-refractivity contribution >= 4 is 33.6 Å². The summed E-state index contributed by atoms with van der Waals surface area (Å²) in [6, 6.07) is 13.7. The second-order valence-corrected chi connectivity index (χ2v) is 7.99. The number of hydrogen-bond acceptors (Lipinski definition) is 7. The number of benzene rings is 2. The van der Waals surface area contributed by atoms with E-state index in [2.05, 4.69) is 4.72 Å². The largest absolute Gasteiger partial charge is 0.465 e. The van der Waals surface area contributed by atoms with Crippen LogP contribution in [0.1, 0.15) is 24.2 Å². The van der Waals surface area contributed by atoms with Crippen LogP contribution in [0.15, 0.2) is 59.5 Å². The second-order valence-electron chi connectivity index (χ2n) is 6.23. The van der Waals surface area contributed by atoms with Crippen molar-refractivity contribution in [3.05, 3.63) is 60.2 Å². The molecule has 0 saturated heterocycles. The Labute approximate surface area is 181 Å². The Morgan fingerprint density at radius 3 is 2.32 bits per heavy atom. The van der Waals surface area contributed by atoms with Gasteiger partial charge in [-0.25, -0.2) is 17.9 Å². The highest BCUT2D eigenvalue weighted by molar-refractivity contribution is 7.89. The van der Waals surface area contributed by atoms with Crippen LogP contribution in [0.2, 0.25) is 0 Å². The molecule has 0 saturated carbocycles. The van der Waals surface area contributed by atoms with Crippen molar-refractivity contribution in [1.82, 2.24) is 4.72 Å². The maximum Gasteiger partial charge on any atom is 0.338 e. The maximum atomic E-state index is 12.7. The minimum absolute atomic E-state index is 0.0246. The number of anilines is 1. The van der Waals surface area contributed by atoms with Crippen molar-refractivity contribution in [2.24, 2.45) is 0 Å². The summed E-state index contributed by atoms with van der Waals surface area (Å²) in [4.78, 5) is 38.0. The van der Waals surface area contributed by atoms with Gasteiger partial charge in [-0.1, -0.05) is 31.2 Å². The van der Waals surface area contributed by atoms with E-state index < -0.39 is 34.5 Å². The van der Waals surface area contributed by atoms with Gasteiger partial charge in [-0.3, -0.25) is 14.5 Å². The van der Waals surface area contributed by atoms with Crippen LogP contribution in [-0.2, 0) is 29.1 Å². The van der Waals surface area contributed by atoms with Gasteiger partial charge in [0.25, 0.3) is 5.91 Å². The number of carbonyl (C=O) groups is 3. The summed E-state index contributed by atoms with van der Waals surface area (Å²) in [7, 11) is -3.75. The van der Waals surface area contributed by atoms with Gasteiger partial charge in [0.15, 0.2) is 6.61 Å². The molecular formula is C21H24N2O7S. The Kier molecular flexibility index (Phi) is 8.71. The average Bonchev–Trinajstić information content (AvgIpc) is 2.76. The molecule has 2 aromatic rings. The number of nitrogens with one attached hydrogen (secondary N) is 1. The summed E-state index contributed by atoms with van der Waals surface area (Å²) in [5, 5.41) is 0. The van der Waals surface area contributed by atoms with Crippen molar-refractivity contribution in [1.29, 1.82) is 0 Å². The van der Waals surface area contributed by atoms with Gasteiger partial charge >= 0.3 is 11.9 Å². The molecule has 0 spiro atoms. The first-order valence-corrected chi connectivity index (χ1v) is 11.0. The zero-order valence-electron chi connectivity index (χ0n) is 17.2. The molecule has 1 N–H and O–H groups in total. The monoisotopic (exact) mass is 448 g/mol. The van der Waals surface area contributed by atoms with Gasteiger partial charge in [-0.15, -0.1) is 0 Å². The molecule has 166 valence electrons. The molecule has 0 atom stereocenters. The van der Waals surface area contributed by atoms with E-state index in [0.717, 1.165) is 4.90 Å². The first-order chi connectivity index (χ1) is 14.8. The highest BCUT2D eigenvalue weighted by Crippen LogP contribution is 2.15. The zero-order valence-corrected chi connectivity index (χ0v) is 18.1. The molecule has 0 aliphatic carbocycles. The topological polar surface area (TPSA) is 119 Å². The number of hydrogen-bond donors (Lipinski definition) is 1. The minimum atomic E-state index is -3.75. The number of esters is 2. The lowest BCUT2D eigenvalue weighted by Crippen LogP contribution is -2.39. The zero-order chi connectivity index (χ0) is 22.9. The fraction of sp³-hybridized carbons (Fsp3) is 0.286. The van der Waals surface area contributed by atoms with Gasteiger partial charge in [0.2, 0.25) is 10.0 Å². The van der Waals surface area contributed by atoms with E-state index in [0.29, 0.717) is 5.69 Å². The molecular weight excluding hydrogens is 424 g/mol. The fourth-order valence-electron chi connectivity index (χ4n) is 2.62. The molecule has 1 amide bonds. The van der Waals surface area contributed by atoms with E-state index in [4.69, 9.17) is 9.47 Å². The number of carbonyl (C=O) groups excluding carboxylic acids is 3. The van der Waals surface area contributed by atoms with Crippen LogP contribution >= 0.6 is 0 Å². The van der Waals surface area contributed by atoms with Crippen LogP contribution in [0.5, 0.6) is 0 Å². The van der Waals surface area contributed by atoms with E-state index in [9.17, 15) is 22.8 Å². The molecule has 0 aliphatic rings. The number of sulfonamides is 1. The first-order valence-electron chi connectivity index (χ1n) is 9.56. The molecule has 9 nitrogen and oxygen atoms in total. The molecule has 2 aromatic carbocycles. The molecule has 0 fully saturated rings. The first kappa shape index (κ1) is 24.0. The fourth-order valence-corrected chi connectivity index (χ4v) is 3.71. The third-order valence-electron chi connectivity index (χ3n) is 4.00. The Morgan fingerprint density at radius 2 is 1.68 bits per heavy atom. The van der Waals surface area contributed by atoms with Gasteiger partial charge in [0, 0.05) is 12.2 Å². The number of nitrogens with zero attached hydrogens (tertiary/aromatic N) is 1. The molecule has 31 heavy (non-hydrogen) atoms. The Morgan fingerprint density at radius 1 is 0.968 bits per heavy atom. The molecule has 0 unspecified atom stereocenters. The van der Waals surface area contributed by atoms with Crippen LogP contribution in [0, 0.1) is 0 Å². The SMILES string of the molecule is CCNS(=O)(=O)c1cccc(C(=O)OCC(=O)N(CC(=O)OCC)c2ccccc2)c1. The quantitative estimate of drug-likeness (QED) is 0.550. The summed E-state index contributed by atoms with van der Waals surface area (Å²) in [6.07, 6.45) is 0. The average molecular weight is 448 g/mol. The van der Waals surface area contributed by atoms with Crippen molar-refractivity contribution in [2.45, 2.75) is 18.7 Å². The number of amides is 1. The normalized spacial score (nSPS) is 10.9. The number of para-hydroxylation sites is 1. The standard InChI is InChI=1S/C21H24N2O7S/c1-3-22-31(27,28)18-12-8-9-16(13-18)21(26)30-15-19(24)23(14-20(25)29-4-2)17-10-6-5-7-11-17/h5-13,22H,3-4,14-15H2,1-2H3. The lowest BCUT2D eigenvalue weighted by molar-refractivity contribution is -0.142. The Hall–Kier alpha value is -3.24. The molecule has 0 radical (unpaired) electrons. The van der Waals surface area contributed by atoms with Gasteiger partial charge < -0.3 is 9.47 Å². The van der Waals surface area contributed by atoms with E-state index in [1.165, 1.54) is 24.3 Å². The lowest BCUT2D eigenvalue weighted by atomic mass is 10.2. The third-order valence-corrected chi connectivity index (χ3v) is 5.55. The summed E-state index contributed by atoms with van der Waals surface area (Å²) < 4.78 is 36.5. The summed E-state index contributed by atoms with van der Waals surface area (Å²) in [5.74, 6) is -2.11. The van der Waals surface area contributed by atoms with E-state index >= 15 is 0 Å². The van der Waals surface area contributed by atoms with Crippen LogP contribution in [0.3, 0.4) is 0 Å². The Balaban J connectivity index is 2.11. The lowest BCUT2D eigenvalue weighted by Gasteiger charge is -2.21. The minimum Gasteiger partial charge on any atom is -0.465 e.